The first-order valence-corrected chi connectivity index (χ1v) is 5.79. The first kappa shape index (κ1) is 11.4. The second-order valence-electron chi connectivity index (χ2n) is 2.54. The Morgan fingerprint density at radius 2 is 2.14 bits per heavy atom. The van der Waals surface area contributed by atoms with Crippen LogP contribution >= 0.6 is 15.9 Å². The molecule has 5 nitrogen and oxygen atoms in total. The third-order valence-corrected chi connectivity index (χ3v) is 2.48. The normalized spacial score (nSPS) is 11.6. The van der Waals surface area contributed by atoms with Crippen LogP contribution in [0.2, 0.25) is 0 Å². The average Bonchev–Trinajstić information content (AvgIpc) is 2.06. The zero-order valence-electron chi connectivity index (χ0n) is 6.97. The lowest BCUT2D eigenvalue weighted by molar-refractivity contribution is 0.308. The van der Waals surface area contributed by atoms with Crippen molar-refractivity contribution in [3.8, 4) is 5.75 Å². The van der Waals surface area contributed by atoms with Gasteiger partial charge in [-0.2, -0.15) is 8.42 Å². The topological polar surface area (TPSA) is 89.6 Å². The third-order valence-electron chi connectivity index (χ3n) is 1.40. The number of rotatable bonds is 3. The lowest BCUT2D eigenvalue weighted by Crippen LogP contribution is -2.15. The number of hydrogen-bond acceptors (Lipinski definition) is 4. The molecule has 0 aliphatic rings. The van der Waals surface area contributed by atoms with Gasteiger partial charge in [0.05, 0.1) is 11.1 Å². The lowest BCUT2D eigenvalue weighted by Gasteiger charge is -2.02. The minimum absolute atomic E-state index is 0.0735. The van der Waals surface area contributed by atoms with E-state index in [1.165, 1.54) is 12.1 Å². The highest BCUT2D eigenvalue weighted by atomic mass is 79.9. The summed E-state index contributed by atoms with van der Waals surface area (Å²) < 4.78 is 25.7. The van der Waals surface area contributed by atoms with Crippen molar-refractivity contribution in [2.24, 2.45) is 5.14 Å². The van der Waals surface area contributed by atoms with E-state index >= 15 is 0 Å². The van der Waals surface area contributed by atoms with Crippen molar-refractivity contribution in [2.75, 3.05) is 0 Å². The monoisotopic (exact) mass is 281 g/mol. The number of benzene rings is 1. The van der Waals surface area contributed by atoms with Gasteiger partial charge in [-0.15, -0.1) is 0 Å². The van der Waals surface area contributed by atoms with Gasteiger partial charge < -0.3 is 5.11 Å². The molecule has 0 heterocycles. The van der Waals surface area contributed by atoms with Crippen LogP contribution in [0.5, 0.6) is 5.75 Å². The number of aromatic hydroxyl groups is 1. The van der Waals surface area contributed by atoms with Crippen molar-refractivity contribution in [3.63, 3.8) is 0 Å². The van der Waals surface area contributed by atoms with Gasteiger partial charge >= 0.3 is 10.3 Å². The van der Waals surface area contributed by atoms with Crippen LogP contribution in [0.25, 0.3) is 0 Å². The molecule has 1 aromatic carbocycles. The molecular formula is C7H8BrNO4S. The summed E-state index contributed by atoms with van der Waals surface area (Å²) in [6, 6.07) is 4.50. The molecule has 1 rings (SSSR count). The SMILES string of the molecule is NS(=O)(=O)OCc1ccc(O)c(Br)c1. The molecule has 0 unspecified atom stereocenters. The second kappa shape index (κ2) is 4.26. The predicted octanol–water partition coefficient (Wildman–Crippen LogP) is 0.875. The minimum Gasteiger partial charge on any atom is -0.507 e. The van der Waals surface area contributed by atoms with Gasteiger partial charge in [0.25, 0.3) is 0 Å². The zero-order chi connectivity index (χ0) is 10.8. The Morgan fingerprint density at radius 1 is 1.50 bits per heavy atom. The summed E-state index contributed by atoms with van der Waals surface area (Å²) >= 11 is 3.08. The number of nitrogens with two attached hydrogens (primary N) is 1. The Morgan fingerprint density at radius 3 is 2.64 bits per heavy atom. The van der Waals surface area contributed by atoms with Crippen LogP contribution in [0.4, 0.5) is 0 Å². The predicted molar refractivity (Wildman–Crippen MR) is 53.7 cm³/mol. The lowest BCUT2D eigenvalue weighted by atomic mass is 10.2. The summed E-state index contributed by atoms with van der Waals surface area (Å²) in [6.07, 6.45) is 0. The van der Waals surface area contributed by atoms with Crippen molar-refractivity contribution in [1.82, 2.24) is 0 Å². The average molecular weight is 282 g/mol. The van der Waals surface area contributed by atoms with E-state index in [9.17, 15) is 8.42 Å². The van der Waals surface area contributed by atoms with Crippen LogP contribution in [0, 0.1) is 0 Å². The van der Waals surface area contributed by atoms with Crippen LogP contribution < -0.4 is 5.14 Å². The highest BCUT2D eigenvalue weighted by molar-refractivity contribution is 9.10. The molecule has 0 aliphatic heterocycles. The quantitative estimate of drug-likeness (QED) is 0.861. The molecule has 1 aromatic rings. The third kappa shape index (κ3) is 3.62. The molecule has 78 valence electrons. The smallest absolute Gasteiger partial charge is 0.333 e. The Kier molecular flexibility index (Phi) is 3.48. The van der Waals surface area contributed by atoms with E-state index in [0.29, 0.717) is 10.0 Å². The number of halogens is 1. The number of hydrogen-bond donors (Lipinski definition) is 2. The maximum Gasteiger partial charge on any atom is 0.333 e. The molecular weight excluding hydrogens is 274 g/mol. The van der Waals surface area contributed by atoms with Gasteiger partial charge in [-0.3, -0.25) is 4.18 Å². The van der Waals surface area contributed by atoms with Crippen molar-refractivity contribution in [1.29, 1.82) is 0 Å². The Labute approximate surface area is 89.9 Å². The molecule has 0 saturated heterocycles. The summed E-state index contributed by atoms with van der Waals surface area (Å²) in [5.74, 6) is 0.0735. The fourth-order valence-electron chi connectivity index (χ4n) is 0.790. The first-order valence-electron chi connectivity index (χ1n) is 3.53. The van der Waals surface area contributed by atoms with E-state index in [4.69, 9.17) is 5.11 Å². The fraction of sp³-hybridized carbons (Fsp3) is 0.143. The van der Waals surface area contributed by atoms with E-state index in [2.05, 4.69) is 25.3 Å². The maximum atomic E-state index is 10.5. The minimum atomic E-state index is -3.92. The van der Waals surface area contributed by atoms with Gasteiger partial charge in [-0.05, 0) is 33.6 Å². The molecule has 0 atom stereocenters. The molecule has 0 aromatic heterocycles. The van der Waals surface area contributed by atoms with Crippen molar-refractivity contribution in [3.05, 3.63) is 28.2 Å². The molecule has 0 fully saturated rings. The van der Waals surface area contributed by atoms with E-state index in [1.54, 1.807) is 6.07 Å². The van der Waals surface area contributed by atoms with Gasteiger partial charge in [-0.25, -0.2) is 5.14 Å². The first-order chi connectivity index (χ1) is 6.38. The van der Waals surface area contributed by atoms with Gasteiger partial charge in [0.15, 0.2) is 0 Å². The highest BCUT2D eigenvalue weighted by Gasteiger charge is 2.04. The van der Waals surface area contributed by atoms with Crippen molar-refractivity contribution in [2.45, 2.75) is 6.61 Å². The standard InChI is InChI=1S/C7H8BrNO4S/c8-6-3-5(1-2-7(6)10)4-13-14(9,11)12/h1-3,10H,4H2,(H2,9,11,12). The highest BCUT2D eigenvalue weighted by Crippen LogP contribution is 2.24. The Hall–Kier alpha value is -0.630. The van der Waals surface area contributed by atoms with Gasteiger partial charge in [-0.1, -0.05) is 6.07 Å². The van der Waals surface area contributed by atoms with Gasteiger partial charge in [0.1, 0.15) is 5.75 Å². The van der Waals surface area contributed by atoms with Crippen LogP contribution in [0.1, 0.15) is 5.56 Å². The second-order valence-corrected chi connectivity index (χ2v) is 4.62. The van der Waals surface area contributed by atoms with Crippen LogP contribution in [-0.4, -0.2) is 13.5 Å². The molecule has 7 heteroatoms. The fourth-order valence-corrected chi connectivity index (χ4v) is 1.52. The van der Waals surface area contributed by atoms with E-state index in [1.807, 2.05) is 0 Å². The summed E-state index contributed by atoms with van der Waals surface area (Å²) in [4.78, 5) is 0. The molecule has 0 aliphatic carbocycles. The Bertz CT molecular complexity index is 431. The van der Waals surface area contributed by atoms with E-state index in [0.717, 1.165) is 0 Å². The summed E-state index contributed by atoms with van der Waals surface area (Å²) in [7, 11) is -3.92. The zero-order valence-corrected chi connectivity index (χ0v) is 9.38. The van der Waals surface area contributed by atoms with Gasteiger partial charge in [0, 0.05) is 0 Å². The van der Waals surface area contributed by atoms with Crippen molar-refractivity contribution < 1.29 is 17.7 Å². The summed E-state index contributed by atoms with van der Waals surface area (Å²) in [5, 5.41) is 13.8. The van der Waals surface area contributed by atoms with Crippen molar-refractivity contribution >= 4 is 26.2 Å². The summed E-state index contributed by atoms with van der Waals surface area (Å²) in [5.41, 5.74) is 0.587. The Balaban J connectivity index is 2.74. The largest absolute Gasteiger partial charge is 0.507 e. The van der Waals surface area contributed by atoms with E-state index < -0.39 is 10.3 Å². The van der Waals surface area contributed by atoms with Gasteiger partial charge in [0.2, 0.25) is 0 Å². The van der Waals surface area contributed by atoms with Crippen LogP contribution in [-0.2, 0) is 21.1 Å². The molecule has 14 heavy (non-hydrogen) atoms. The van der Waals surface area contributed by atoms with E-state index in [-0.39, 0.29) is 12.4 Å². The summed E-state index contributed by atoms with van der Waals surface area (Å²) in [6.45, 7) is -0.155. The molecule has 0 amide bonds. The molecule has 0 bridgehead atoms. The van der Waals surface area contributed by atoms with Crippen LogP contribution in [0.15, 0.2) is 22.7 Å². The number of phenols is 1. The van der Waals surface area contributed by atoms with Crippen LogP contribution in [0.3, 0.4) is 0 Å². The molecule has 3 N–H and O–H groups in total. The molecule has 0 saturated carbocycles. The molecule has 0 spiro atoms. The maximum absolute atomic E-state index is 10.5. The molecule has 0 radical (unpaired) electrons. The number of phenolic OH excluding ortho intramolecular Hbond substituents is 1.